The van der Waals surface area contributed by atoms with Gasteiger partial charge in [-0.15, -0.1) is 0 Å². The summed E-state index contributed by atoms with van der Waals surface area (Å²) >= 11 is 3.32. The van der Waals surface area contributed by atoms with Gasteiger partial charge in [0.15, 0.2) is 5.75 Å². The summed E-state index contributed by atoms with van der Waals surface area (Å²) in [6, 6.07) is 15.7. The van der Waals surface area contributed by atoms with E-state index >= 15 is 0 Å². The Morgan fingerprint density at radius 3 is 2.37 bits per heavy atom. The number of piperidine rings is 1. The molecule has 1 aliphatic rings. The summed E-state index contributed by atoms with van der Waals surface area (Å²) in [5.74, 6) is -3.16. The van der Waals surface area contributed by atoms with Crippen molar-refractivity contribution in [3.8, 4) is 17.2 Å². The number of hydrogen-bond acceptors (Lipinski definition) is 7. The molecule has 0 spiro atoms. The highest BCUT2D eigenvalue weighted by Gasteiger charge is 2.42. The van der Waals surface area contributed by atoms with Gasteiger partial charge in [-0.2, -0.15) is 13.2 Å². The number of sulfonamides is 1. The number of carbonyl (C=O) groups excluding carboxylic acids is 2. The van der Waals surface area contributed by atoms with Gasteiger partial charge in [0.05, 0.1) is 16.1 Å². The number of hydrogen-bond donors (Lipinski definition) is 3. The first-order valence-electron chi connectivity index (χ1n) is 13.4. The fraction of sp³-hybridized carbons (Fsp3) is 0.310. The Morgan fingerprint density at radius 1 is 0.977 bits per heavy atom. The maximum Gasteiger partial charge on any atom is 0.491 e. The van der Waals surface area contributed by atoms with Gasteiger partial charge in [0.1, 0.15) is 11.5 Å². The highest BCUT2D eigenvalue weighted by atomic mass is 79.9. The molecule has 4 rings (SSSR count). The third kappa shape index (κ3) is 9.18. The molecule has 14 heteroatoms. The van der Waals surface area contributed by atoms with Crippen molar-refractivity contribution >= 4 is 43.5 Å². The van der Waals surface area contributed by atoms with Gasteiger partial charge in [0, 0.05) is 17.1 Å². The molecule has 0 saturated carbocycles. The van der Waals surface area contributed by atoms with Crippen LogP contribution in [0, 0.1) is 5.92 Å². The van der Waals surface area contributed by atoms with E-state index in [1.807, 2.05) is 0 Å². The molecule has 3 aromatic carbocycles. The van der Waals surface area contributed by atoms with Crippen LogP contribution in [0.25, 0.3) is 0 Å². The second-order valence-electron chi connectivity index (χ2n) is 9.79. The van der Waals surface area contributed by atoms with E-state index in [2.05, 4.69) is 36.0 Å². The summed E-state index contributed by atoms with van der Waals surface area (Å²) in [6.07, 6.45) is -1.81. The van der Waals surface area contributed by atoms with Crippen molar-refractivity contribution in [2.45, 2.75) is 36.8 Å². The molecule has 0 unspecified atom stereocenters. The van der Waals surface area contributed by atoms with Crippen LogP contribution < -0.4 is 24.8 Å². The molecule has 3 N–H and O–H groups in total. The lowest BCUT2D eigenvalue weighted by Gasteiger charge is -2.22. The van der Waals surface area contributed by atoms with Crippen LogP contribution in [0.3, 0.4) is 0 Å². The van der Waals surface area contributed by atoms with E-state index in [0.717, 1.165) is 49.0 Å². The van der Waals surface area contributed by atoms with Crippen LogP contribution in [0.15, 0.2) is 76.1 Å². The fourth-order valence-corrected chi connectivity index (χ4v) is 5.78. The average Bonchev–Trinajstić information content (AvgIpc) is 2.97. The van der Waals surface area contributed by atoms with E-state index in [-0.39, 0.29) is 18.0 Å². The van der Waals surface area contributed by atoms with Crippen molar-refractivity contribution in [2.24, 2.45) is 5.92 Å². The number of alkyl halides is 3. The molecule has 43 heavy (non-hydrogen) atoms. The van der Waals surface area contributed by atoms with Crippen molar-refractivity contribution in [2.75, 3.05) is 24.4 Å². The molecule has 0 atom stereocenters. The topological polar surface area (TPSA) is 123 Å². The summed E-state index contributed by atoms with van der Waals surface area (Å²) in [6.45, 7) is 2.10. The molecule has 1 heterocycles. The summed E-state index contributed by atoms with van der Waals surface area (Å²) in [5, 5.41) is 5.88. The van der Waals surface area contributed by atoms with Crippen molar-refractivity contribution in [1.82, 2.24) is 10.6 Å². The zero-order valence-corrected chi connectivity index (χ0v) is 25.2. The Morgan fingerprint density at radius 2 is 1.67 bits per heavy atom. The molecule has 9 nitrogen and oxygen atoms in total. The molecule has 0 bridgehead atoms. The average molecular weight is 685 g/mol. The first-order chi connectivity index (χ1) is 20.4. The maximum atomic E-state index is 13.3. The van der Waals surface area contributed by atoms with Crippen LogP contribution in [0.4, 0.5) is 18.9 Å². The van der Waals surface area contributed by atoms with Crippen molar-refractivity contribution in [3.63, 3.8) is 0 Å². The number of benzene rings is 3. The van der Waals surface area contributed by atoms with Crippen LogP contribution in [0.1, 0.15) is 36.0 Å². The summed E-state index contributed by atoms with van der Waals surface area (Å²) < 4.78 is 79.1. The monoisotopic (exact) mass is 683 g/mol. The largest absolute Gasteiger partial charge is 0.491 e. The molecular formula is C29H29BrF3N3O6S. The molecule has 1 amide bonds. The van der Waals surface area contributed by atoms with E-state index in [1.54, 1.807) is 36.4 Å². The first kappa shape index (κ1) is 32.3. The Hall–Kier alpha value is -3.62. The molecular weight excluding hydrogens is 655 g/mol. The van der Waals surface area contributed by atoms with Crippen molar-refractivity contribution < 1.29 is 40.7 Å². The third-order valence-corrected chi connectivity index (χ3v) is 8.54. The van der Waals surface area contributed by atoms with E-state index in [9.17, 15) is 31.2 Å². The molecule has 1 saturated heterocycles. The number of para-hydroxylation sites is 2. The maximum absolute atomic E-state index is 13.3. The quantitative estimate of drug-likeness (QED) is 0.128. The number of esters is 1. The molecule has 3 aromatic rings. The number of amides is 1. The van der Waals surface area contributed by atoms with Crippen LogP contribution in [-0.4, -0.2) is 46.1 Å². The van der Waals surface area contributed by atoms with Crippen LogP contribution in [-0.2, 0) is 14.8 Å². The zero-order chi connectivity index (χ0) is 31.0. The van der Waals surface area contributed by atoms with Gasteiger partial charge in [-0.05, 0) is 93.2 Å². The highest BCUT2D eigenvalue weighted by Crippen LogP contribution is 2.33. The van der Waals surface area contributed by atoms with Crippen molar-refractivity contribution in [3.05, 3.63) is 76.8 Å². The van der Waals surface area contributed by atoms with E-state index in [4.69, 9.17) is 4.74 Å². The molecule has 1 aliphatic heterocycles. The SMILES string of the molecule is O=C(NCCCC1CCNCC1)c1ccc(S(=O)(=O)Nc2ccccc2Oc2ccc(Br)cc2)cc1OC(=O)C(F)(F)F. The van der Waals surface area contributed by atoms with Gasteiger partial charge in [-0.3, -0.25) is 9.52 Å². The van der Waals surface area contributed by atoms with Gasteiger partial charge in [-0.1, -0.05) is 28.1 Å². The lowest BCUT2D eigenvalue weighted by Crippen LogP contribution is -2.31. The number of rotatable bonds is 11. The molecule has 0 radical (unpaired) electrons. The smallest absolute Gasteiger partial charge is 0.455 e. The Balaban J connectivity index is 1.53. The lowest BCUT2D eigenvalue weighted by atomic mass is 9.93. The van der Waals surface area contributed by atoms with Crippen LogP contribution >= 0.6 is 15.9 Å². The molecule has 1 fully saturated rings. The van der Waals surface area contributed by atoms with Gasteiger partial charge in [-0.25, -0.2) is 13.2 Å². The van der Waals surface area contributed by atoms with Crippen molar-refractivity contribution in [1.29, 1.82) is 0 Å². The minimum Gasteiger partial charge on any atom is -0.455 e. The van der Waals surface area contributed by atoms with E-state index in [1.165, 1.54) is 12.1 Å². The standard InChI is InChI=1S/C29H29BrF3N3O6S/c30-20-7-9-21(10-8-20)41-25-6-2-1-5-24(25)36-43(39,40)22-11-12-23(26(18-22)42-28(38)29(31,32)33)27(37)35-15-3-4-19-13-16-34-17-14-19/h1-2,5-12,18-19,34,36H,3-4,13-17H2,(H,35,37). The summed E-state index contributed by atoms with van der Waals surface area (Å²) in [5.41, 5.74) is -0.382. The zero-order valence-electron chi connectivity index (χ0n) is 22.7. The number of halogens is 4. The van der Waals surface area contributed by atoms with E-state index in [0.29, 0.717) is 24.2 Å². The van der Waals surface area contributed by atoms with Gasteiger partial charge in [0.2, 0.25) is 0 Å². The lowest BCUT2D eigenvalue weighted by molar-refractivity contribution is -0.189. The van der Waals surface area contributed by atoms with Gasteiger partial charge >= 0.3 is 12.1 Å². The third-order valence-electron chi connectivity index (χ3n) is 6.65. The Kier molecular flexibility index (Phi) is 10.7. The minimum atomic E-state index is -5.38. The second kappa shape index (κ2) is 14.2. The molecule has 230 valence electrons. The first-order valence-corrected chi connectivity index (χ1v) is 15.7. The van der Waals surface area contributed by atoms with Gasteiger partial charge < -0.3 is 20.1 Å². The van der Waals surface area contributed by atoms with Crippen LogP contribution in [0.2, 0.25) is 0 Å². The predicted octanol–water partition coefficient (Wildman–Crippen LogP) is 6.02. The second-order valence-corrected chi connectivity index (χ2v) is 12.4. The number of carbonyl (C=O) groups is 2. The summed E-state index contributed by atoms with van der Waals surface area (Å²) in [7, 11) is -4.45. The highest BCUT2D eigenvalue weighted by molar-refractivity contribution is 9.10. The predicted molar refractivity (Wildman–Crippen MR) is 157 cm³/mol. The van der Waals surface area contributed by atoms with Crippen LogP contribution in [0.5, 0.6) is 17.2 Å². The molecule has 0 aliphatic carbocycles. The fourth-order valence-electron chi connectivity index (χ4n) is 4.43. The Bertz CT molecular complexity index is 1550. The Labute approximate surface area is 255 Å². The number of ether oxygens (including phenoxy) is 2. The molecule has 0 aromatic heterocycles. The summed E-state index contributed by atoms with van der Waals surface area (Å²) in [4.78, 5) is 24.0. The number of anilines is 1. The number of nitrogens with one attached hydrogen (secondary N) is 3. The normalized spacial score (nSPS) is 14.1. The van der Waals surface area contributed by atoms with E-state index < -0.39 is 44.3 Å². The minimum absolute atomic E-state index is 0.0369. The van der Waals surface area contributed by atoms with Gasteiger partial charge in [0.25, 0.3) is 15.9 Å².